The minimum absolute atomic E-state index is 0. The maximum Gasteiger partial charge on any atom is 0.0520 e. The average Bonchev–Trinajstić information content (AvgIpc) is 2.63. The molecule has 2 saturated carbocycles. The molecule has 4 N–H and O–H groups in total. The van der Waals surface area contributed by atoms with Crippen molar-refractivity contribution in [2.24, 2.45) is 17.6 Å². The van der Waals surface area contributed by atoms with Crippen molar-refractivity contribution >= 4 is 12.4 Å². The molecule has 0 aromatic carbocycles. The van der Waals surface area contributed by atoms with Crippen molar-refractivity contribution in [2.45, 2.75) is 43.8 Å². The lowest BCUT2D eigenvalue weighted by Gasteiger charge is -2.32. The number of hydrogen-bond donors (Lipinski definition) is 3. The Morgan fingerprint density at radius 3 is 1.93 bits per heavy atom. The van der Waals surface area contributed by atoms with Gasteiger partial charge in [0.2, 0.25) is 0 Å². The van der Waals surface area contributed by atoms with Crippen LogP contribution in [0.2, 0.25) is 0 Å². The minimum atomic E-state index is 0. The molecule has 1 aliphatic heterocycles. The van der Waals surface area contributed by atoms with Gasteiger partial charge >= 0.3 is 0 Å². The van der Waals surface area contributed by atoms with Gasteiger partial charge in [0, 0.05) is 6.04 Å². The highest BCUT2D eigenvalue weighted by atomic mass is 35.5. The lowest BCUT2D eigenvalue weighted by atomic mass is 9.77. The normalized spacial score (nSPS) is 50.8. The Bertz CT molecular complexity index is 196. The highest BCUT2D eigenvalue weighted by Gasteiger charge is 2.44. The largest absolute Gasteiger partial charge is 0.328 e. The van der Waals surface area contributed by atoms with Crippen LogP contribution in [0.1, 0.15) is 25.7 Å². The Kier molecular flexibility index (Phi) is 3.00. The van der Waals surface area contributed by atoms with Crippen LogP contribution in [0.3, 0.4) is 0 Å². The zero-order valence-electron chi connectivity index (χ0n) is 8.11. The minimum Gasteiger partial charge on any atom is -0.328 e. The Hall–Kier alpha value is 0.130. The predicted octanol–water partition coefficient (Wildman–Crippen LogP) is 0.332. The monoisotopic (exact) mass is 219 g/mol. The number of hydroxylamine groups is 2. The molecule has 0 bridgehead atoms. The number of fused-ring (bicyclic) bond motifs is 2. The number of halogens is 1. The molecule has 0 amide bonds. The SMILES string of the molecule is Cl.NC1CC2CC3NONC3CC2C1. The first-order chi connectivity index (χ1) is 6.33. The molecule has 1 saturated heterocycles. The van der Waals surface area contributed by atoms with Crippen molar-refractivity contribution in [3.8, 4) is 0 Å². The number of hydrogen-bond acceptors (Lipinski definition) is 4. The summed E-state index contributed by atoms with van der Waals surface area (Å²) >= 11 is 0. The quantitative estimate of drug-likeness (QED) is 0.550. The summed E-state index contributed by atoms with van der Waals surface area (Å²) in [4.78, 5) is 5.05. The highest BCUT2D eigenvalue weighted by Crippen LogP contribution is 2.42. The van der Waals surface area contributed by atoms with Gasteiger partial charge in [-0.3, -0.25) is 0 Å². The fraction of sp³-hybridized carbons (Fsp3) is 1.00. The smallest absolute Gasteiger partial charge is 0.0520 e. The summed E-state index contributed by atoms with van der Waals surface area (Å²) in [5.41, 5.74) is 12.0. The van der Waals surface area contributed by atoms with E-state index in [-0.39, 0.29) is 12.4 Å². The van der Waals surface area contributed by atoms with Crippen LogP contribution in [0.25, 0.3) is 0 Å². The first-order valence-corrected chi connectivity index (χ1v) is 5.25. The molecular weight excluding hydrogens is 202 g/mol. The molecule has 1 heterocycles. The van der Waals surface area contributed by atoms with E-state index in [1.165, 1.54) is 25.7 Å². The molecule has 4 nitrogen and oxygen atoms in total. The van der Waals surface area contributed by atoms with E-state index in [2.05, 4.69) is 11.0 Å². The Balaban J connectivity index is 0.000000750. The van der Waals surface area contributed by atoms with E-state index in [0.717, 1.165) is 11.8 Å². The molecule has 4 unspecified atom stereocenters. The summed E-state index contributed by atoms with van der Waals surface area (Å²) < 4.78 is 0. The summed E-state index contributed by atoms with van der Waals surface area (Å²) in [6.45, 7) is 0. The van der Waals surface area contributed by atoms with E-state index in [4.69, 9.17) is 10.7 Å². The van der Waals surface area contributed by atoms with Gasteiger partial charge in [-0.1, -0.05) is 0 Å². The van der Waals surface area contributed by atoms with Gasteiger partial charge in [0.25, 0.3) is 0 Å². The fourth-order valence-corrected chi connectivity index (χ4v) is 3.26. The zero-order valence-corrected chi connectivity index (χ0v) is 8.93. The third-order valence-electron chi connectivity index (χ3n) is 3.90. The molecule has 0 aromatic heterocycles. The van der Waals surface area contributed by atoms with Gasteiger partial charge in [-0.25, -0.2) is 4.94 Å². The van der Waals surface area contributed by atoms with E-state index < -0.39 is 0 Å². The summed E-state index contributed by atoms with van der Waals surface area (Å²) in [6.07, 6.45) is 4.90. The van der Waals surface area contributed by atoms with Crippen LogP contribution in [0.4, 0.5) is 0 Å². The van der Waals surface area contributed by atoms with Crippen molar-refractivity contribution in [2.75, 3.05) is 0 Å². The van der Waals surface area contributed by atoms with Gasteiger partial charge in [0.15, 0.2) is 0 Å². The lowest BCUT2D eigenvalue weighted by Crippen LogP contribution is -2.42. The first kappa shape index (κ1) is 10.6. The summed E-state index contributed by atoms with van der Waals surface area (Å²) in [7, 11) is 0. The van der Waals surface area contributed by atoms with Crippen LogP contribution in [0.15, 0.2) is 0 Å². The van der Waals surface area contributed by atoms with E-state index in [0.29, 0.717) is 18.1 Å². The van der Waals surface area contributed by atoms with Crippen LogP contribution in [-0.4, -0.2) is 18.1 Å². The lowest BCUT2D eigenvalue weighted by molar-refractivity contribution is 0.00882. The second kappa shape index (κ2) is 3.94. The molecule has 0 radical (unpaired) electrons. The highest BCUT2D eigenvalue weighted by molar-refractivity contribution is 5.85. The van der Waals surface area contributed by atoms with E-state index in [1.54, 1.807) is 0 Å². The van der Waals surface area contributed by atoms with Gasteiger partial charge in [-0.2, -0.15) is 11.0 Å². The second-order valence-corrected chi connectivity index (χ2v) is 4.77. The number of nitrogens with two attached hydrogens (primary N) is 1. The van der Waals surface area contributed by atoms with Gasteiger partial charge in [-0.05, 0) is 37.5 Å². The summed E-state index contributed by atoms with van der Waals surface area (Å²) in [5, 5.41) is 0. The molecule has 2 aliphatic carbocycles. The van der Waals surface area contributed by atoms with Crippen molar-refractivity contribution in [3.05, 3.63) is 0 Å². The maximum atomic E-state index is 5.97. The zero-order chi connectivity index (χ0) is 8.84. The molecule has 5 heteroatoms. The molecule has 3 rings (SSSR count). The Labute approximate surface area is 90.3 Å². The van der Waals surface area contributed by atoms with Crippen LogP contribution >= 0.6 is 12.4 Å². The van der Waals surface area contributed by atoms with E-state index in [9.17, 15) is 0 Å². The first-order valence-electron chi connectivity index (χ1n) is 5.25. The van der Waals surface area contributed by atoms with Crippen LogP contribution in [0, 0.1) is 11.8 Å². The average molecular weight is 220 g/mol. The van der Waals surface area contributed by atoms with Crippen molar-refractivity contribution in [1.82, 2.24) is 11.0 Å². The molecular formula is C9H18ClN3O. The molecule has 14 heavy (non-hydrogen) atoms. The molecule has 82 valence electrons. The van der Waals surface area contributed by atoms with Crippen molar-refractivity contribution in [1.29, 1.82) is 0 Å². The van der Waals surface area contributed by atoms with Crippen molar-refractivity contribution in [3.63, 3.8) is 0 Å². The standard InChI is InChI=1S/C9H17N3O.ClH/c10-7-1-5-3-8-9(12-13-11-8)4-6(5)2-7;/h5-9,11-12H,1-4,10H2;1H. The second-order valence-electron chi connectivity index (χ2n) is 4.77. The third-order valence-corrected chi connectivity index (χ3v) is 3.90. The molecule has 3 fully saturated rings. The van der Waals surface area contributed by atoms with Gasteiger partial charge in [0.05, 0.1) is 12.1 Å². The van der Waals surface area contributed by atoms with Crippen LogP contribution in [0.5, 0.6) is 0 Å². The van der Waals surface area contributed by atoms with Gasteiger partial charge in [0.1, 0.15) is 0 Å². The molecule has 0 spiro atoms. The summed E-state index contributed by atoms with van der Waals surface area (Å²) in [5.74, 6) is 1.68. The van der Waals surface area contributed by atoms with E-state index in [1.807, 2.05) is 0 Å². The topological polar surface area (TPSA) is 59.3 Å². The Morgan fingerprint density at radius 2 is 1.43 bits per heavy atom. The fourth-order valence-electron chi connectivity index (χ4n) is 3.26. The summed E-state index contributed by atoms with van der Waals surface area (Å²) in [6, 6.07) is 1.49. The number of rotatable bonds is 0. The third kappa shape index (κ3) is 1.66. The molecule has 4 atom stereocenters. The van der Waals surface area contributed by atoms with Crippen LogP contribution < -0.4 is 16.7 Å². The maximum absolute atomic E-state index is 5.97. The van der Waals surface area contributed by atoms with Gasteiger partial charge in [-0.15, -0.1) is 12.4 Å². The molecule has 0 aromatic rings. The van der Waals surface area contributed by atoms with Crippen LogP contribution in [-0.2, 0) is 4.94 Å². The van der Waals surface area contributed by atoms with Crippen molar-refractivity contribution < 1.29 is 4.94 Å². The number of nitrogens with one attached hydrogen (secondary N) is 2. The van der Waals surface area contributed by atoms with E-state index >= 15 is 0 Å². The Morgan fingerprint density at radius 1 is 0.929 bits per heavy atom. The molecule has 3 aliphatic rings. The van der Waals surface area contributed by atoms with Gasteiger partial charge < -0.3 is 5.73 Å². The predicted molar refractivity (Wildman–Crippen MR) is 55.6 cm³/mol.